The molecule has 1 aromatic carbocycles. The second-order valence-corrected chi connectivity index (χ2v) is 6.49. The molecule has 27 heavy (non-hydrogen) atoms. The number of para-hydroxylation sites is 1. The molecule has 3 aromatic rings. The van der Waals surface area contributed by atoms with Gasteiger partial charge >= 0.3 is 0 Å². The Hall–Kier alpha value is -3.42. The van der Waals surface area contributed by atoms with Crippen molar-refractivity contribution in [1.29, 1.82) is 0 Å². The summed E-state index contributed by atoms with van der Waals surface area (Å²) in [5.41, 5.74) is 0.665. The molecule has 3 heterocycles. The van der Waals surface area contributed by atoms with Crippen LogP contribution in [-0.2, 0) is 0 Å². The second kappa shape index (κ2) is 7.45. The third kappa shape index (κ3) is 3.74. The summed E-state index contributed by atoms with van der Waals surface area (Å²) in [5.74, 6) is 0.377. The summed E-state index contributed by atoms with van der Waals surface area (Å²) in [4.78, 5) is 35.4. The lowest BCUT2D eigenvalue weighted by atomic mass is 10.1. The molecule has 8 nitrogen and oxygen atoms in total. The van der Waals surface area contributed by atoms with Crippen molar-refractivity contribution in [3.05, 3.63) is 70.9 Å². The van der Waals surface area contributed by atoms with E-state index in [2.05, 4.69) is 25.3 Å². The van der Waals surface area contributed by atoms with Crippen molar-refractivity contribution >= 4 is 11.9 Å². The lowest BCUT2D eigenvalue weighted by Gasteiger charge is -2.32. The van der Waals surface area contributed by atoms with Gasteiger partial charge < -0.3 is 10.2 Å². The van der Waals surface area contributed by atoms with Gasteiger partial charge in [0.15, 0.2) is 0 Å². The van der Waals surface area contributed by atoms with Gasteiger partial charge in [-0.05, 0) is 31.0 Å². The monoisotopic (exact) mass is 364 g/mol. The SMILES string of the molecule is O=C(N[C@H]1CCCN(c2ncccn2)C1)c1cc(=O)n(-c2ccccc2)[nH]1. The fourth-order valence-corrected chi connectivity index (χ4v) is 3.28. The molecule has 4 rings (SSSR count). The highest BCUT2D eigenvalue weighted by molar-refractivity contribution is 5.92. The smallest absolute Gasteiger partial charge is 0.271 e. The minimum atomic E-state index is -0.289. The van der Waals surface area contributed by atoms with E-state index in [4.69, 9.17) is 0 Å². The fraction of sp³-hybridized carbons (Fsp3) is 0.263. The molecule has 1 aliphatic heterocycles. The van der Waals surface area contributed by atoms with Crippen LogP contribution in [0.3, 0.4) is 0 Å². The van der Waals surface area contributed by atoms with E-state index >= 15 is 0 Å². The van der Waals surface area contributed by atoms with Gasteiger partial charge in [-0.1, -0.05) is 18.2 Å². The summed E-state index contributed by atoms with van der Waals surface area (Å²) in [5, 5.41) is 5.89. The maximum atomic E-state index is 12.6. The Balaban J connectivity index is 1.46. The van der Waals surface area contributed by atoms with Gasteiger partial charge in [0.25, 0.3) is 11.5 Å². The van der Waals surface area contributed by atoms with Gasteiger partial charge in [0, 0.05) is 37.6 Å². The molecule has 138 valence electrons. The first kappa shape index (κ1) is 17.0. The van der Waals surface area contributed by atoms with E-state index in [0.29, 0.717) is 18.2 Å². The molecule has 0 spiro atoms. The Morgan fingerprint density at radius 2 is 1.93 bits per heavy atom. The lowest BCUT2D eigenvalue weighted by Crippen LogP contribution is -2.48. The molecular weight excluding hydrogens is 344 g/mol. The molecule has 0 radical (unpaired) electrons. The Morgan fingerprint density at radius 1 is 1.15 bits per heavy atom. The van der Waals surface area contributed by atoms with Gasteiger partial charge in [-0.15, -0.1) is 0 Å². The average molecular weight is 364 g/mol. The molecular formula is C19H20N6O2. The summed E-state index contributed by atoms with van der Waals surface area (Å²) < 4.78 is 1.36. The van der Waals surface area contributed by atoms with E-state index in [9.17, 15) is 9.59 Å². The number of benzene rings is 1. The topological polar surface area (TPSA) is 95.9 Å². The van der Waals surface area contributed by atoms with Crippen molar-refractivity contribution in [1.82, 2.24) is 25.1 Å². The number of piperidine rings is 1. The molecule has 2 aromatic heterocycles. The quantitative estimate of drug-likeness (QED) is 0.729. The number of carbonyl (C=O) groups is 1. The van der Waals surface area contributed by atoms with Crippen LogP contribution in [0.25, 0.3) is 5.69 Å². The number of anilines is 1. The summed E-state index contributed by atoms with van der Waals surface area (Å²) in [6.07, 6.45) is 5.23. The predicted molar refractivity (Wildman–Crippen MR) is 101 cm³/mol. The molecule has 0 bridgehead atoms. The van der Waals surface area contributed by atoms with Gasteiger partial charge in [0.05, 0.1) is 5.69 Å². The van der Waals surface area contributed by atoms with Crippen LogP contribution in [0, 0.1) is 0 Å². The number of carbonyl (C=O) groups excluding carboxylic acids is 1. The number of rotatable bonds is 4. The molecule has 0 unspecified atom stereocenters. The molecule has 1 atom stereocenters. The number of hydrogen-bond acceptors (Lipinski definition) is 5. The van der Waals surface area contributed by atoms with E-state index < -0.39 is 0 Å². The summed E-state index contributed by atoms with van der Waals surface area (Å²) in [7, 11) is 0. The minimum absolute atomic E-state index is 0.0290. The van der Waals surface area contributed by atoms with Crippen LogP contribution in [0.1, 0.15) is 23.3 Å². The van der Waals surface area contributed by atoms with Gasteiger partial charge in [-0.2, -0.15) is 0 Å². The van der Waals surface area contributed by atoms with Crippen molar-refractivity contribution in [2.45, 2.75) is 18.9 Å². The Labute approximate surface area is 155 Å². The average Bonchev–Trinajstić information content (AvgIpc) is 3.11. The van der Waals surface area contributed by atoms with E-state index in [1.807, 2.05) is 18.2 Å². The number of amides is 1. The maximum Gasteiger partial charge on any atom is 0.271 e. The molecule has 0 saturated carbocycles. The first-order valence-corrected chi connectivity index (χ1v) is 8.91. The molecule has 0 aliphatic carbocycles. The van der Waals surface area contributed by atoms with Gasteiger partial charge in [0.1, 0.15) is 5.69 Å². The van der Waals surface area contributed by atoms with Crippen molar-refractivity contribution in [3.8, 4) is 5.69 Å². The van der Waals surface area contributed by atoms with Crippen LogP contribution < -0.4 is 15.8 Å². The molecule has 1 amide bonds. The second-order valence-electron chi connectivity index (χ2n) is 6.49. The van der Waals surface area contributed by atoms with E-state index in [0.717, 1.165) is 19.4 Å². The highest BCUT2D eigenvalue weighted by Crippen LogP contribution is 2.15. The zero-order valence-corrected chi connectivity index (χ0v) is 14.7. The number of H-pyrrole nitrogens is 1. The zero-order chi connectivity index (χ0) is 18.6. The molecule has 1 aliphatic rings. The highest BCUT2D eigenvalue weighted by Gasteiger charge is 2.24. The Morgan fingerprint density at radius 3 is 2.70 bits per heavy atom. The first-order valence-electron chi connectivity index (χ1n) is 8.91. The van der Waals surface area contributed by atoms with Crippen molar-refractivity contribution in [2.75, 3.05) is 18.0 Å². The van der Waals surface area contributed by atoms with Crippen LogP contribution >= 0.6 is 0 Å². The summed E-state index contributed by atoms with van der Waals surface area (Å²) >= 11 is 0. The molecule has 2 N–H and O–H groups in total. The zero-order valence-electron chi connectivity index (χ0n) is 14.7. The highest BCUT2D eigenvalue weighted by atomic mass is 16.2. The van der Waals surface area contributed by atoms with Gasteiger partial charge in [-0.3, -0.25) is 14.7 Å². The fourth-order valence-electron chi connectivity index (χ4n) is 3.28. The largest absolute Gasteiger partial charge is 0.346 e. The molecule has 8 heteroatoms. The Bertz CT molecular complexity index is 967. The Kier molecular flexibility index (Phi) is 4.69. The van der Waals surface area contributed by atoms with Crippen molar-refractivity contribution in [2.24, 2.45) is 0 Å². The van der Waals surface area contributed by atoms with Crippen LogP contribution in [0.15, 0.2) is 59.7 Å². The summed E-state index contributed by atoms with van der Waals surface area (Å²) in [6, 6.07) is 12.2. The van der Waals surface area contributed by atoms with Crippen LogP contribution in [-0.4, -0.2) is 44.8 Å². The first-order chi connectivity index (χ1) is 13.2. The van der Waals surface area contributed by atoms with Gasteiger partial charge in [-0.25, -0.2) is 14.6 Å². The minimum Gasteiger partial charge on any atom is -0.346 e. The normalized spacial score (nSPS) is 16.9. The van der Waals surface area contributed by atoms with Gasteiger partial charge in [0.2, 0.25) is 5.95 Å². The molecule has 1 fully saturated rings. The van der Waals surface area contributed by atoms with E-state index in [1.54, 1.807) is 30.6 Å². The number of nitrogens with one attached hydrogen (secondary N) is 2. The number of nitrogens with zero attached hydrogens (tertiary/aromatic N) is 4. The van der Waals surface area contributed by atoms with Crippen LogP contribution in [0.4, 0.5) is 5.95 Å². The third-order valence-electron chi connectivity index (χ3n) is 4.57. The van der Waals surface area contributed by atoms with Crippen LogP contribution in [0.5, 0.6) is 0 Å². The third-order valence-corrected chi connectivity index (χ3v) is 4.57. The summed E-state index contributed by atoms with van der Waals surface area (Å²) in [6.45, 7) is 1.50. The van der Waals surface area contributed by atoms with Crippen molar-refractivity contribution in [3.63, 3.8) is 0 Å². The number of hydrogen-bond donors (Lipinski definition) is 2. The van der Waals surface area contributed by atoms with Crippen LogP contribution in [0.2, 0.25) is 0 Å². The number of aromatic amines is 1. The standard InChI is InChI=1S/C19H20N6O2/c26-17-12-16(23-25(17)15-7-2-1-3-8-15)18(27)22-14-6-4-11-24(13-14)19-20-9-5-10-21-19/h1-3,5,7-10,12,14,23H,4,6,11,13H2,(H,22,27)/t14-/m0/s1. The molecule has 1 saturated heterocycles. The lowest BCUT2D eigenvalue weighted by molar-refractivity contribution is 0.0927. The number of aromatic nitrogens is 4. The predicted octanol–water partition coefficient (Wildman–Crippen LogP) is 1.35. The maximum absolute atomic E-state index is 12.6. The van der Waals surface area contributed by atoms with Crippen molar-refractivity contribution < 1.29 is 4.79 Å². The van der Waals surface area contributed by atoms with E-state index in [-0.39, 0.29) is 23.2 Å². The van der Waals surface area contributed by atoms with E-state index in [1.165, 1.54) is 10.7 Å².